The van der Waals surface area contributed by atoms with Crippen molar-refractivity contribution in [3.63, 3.8) is 0 Å². The SMILES string of the molecule is CC(C)NC(=O)C(=O)N/N=C\c1cn(Cc2ccccc2)nc1-c1cccs1. The summed E-state index contributed by atoms with van der Waals surface area (Å²) in [5.41, 5.74) is 4.91. The number of thiophene rings is 1. The molecule has 144 valence electrons. The number of hydrogen-bond donors (Lipinski definition) is 2. The van der Waals surface area contributed by atoms with Gasteiger partial charge in [0.15, 0.2) is 0 Å². The fourth-order valence-corrected chi connectivity index (χ4v) is 3.26. The summed E-state index contributed by atoms with van der Waals surface area (Å²) >= 11 is 1.57. The van der Waals surface area contributed by atoms with Gasteiger partial charge in [0.1, 0.15) is 5.69 Å². The molecule has 0 aliphatic carbocycles. The quantitative estimate of drug-likeness (QED) is 0.382. The molecular weight excluding hydrogens is 374 g/mol. The standard InChI is InChI=1S/C20H21N5O2S/c1-14(2)22-19(26)20(27)23-21-11-16-13-25(12-15-7-4-3-5-8-15)24-18(16)17-9-6-10-28-17/h3-11,13-14H,12H2,1-2H3,(H,22,26)(H,23,27)/b21-11-. The van der Waals surface area contributed by atoms with Crippen LogP contribution < -0.4 is 10.7 Å². The normalized spacial score (nSPS) is 11.1. The van der Waals surface area contributed by atoms with E-state index >= 15 is 0 Å². The zero-order valence-corrected chi connectivity index (χ0v) is 16.4. The minimum Gasteiger partial charge on any atom is -0.346 e. The number of aromatic nitrogens is 2. The summed E-state index contributed by atoms with van der Waals surface area (Å²) in [4.78, 5) is 24.4. The lowest BCUT2D eigenvalue weighted by atomic mass is 10.2. The Kier molecular flexibility index (Phi) is 6.33. The smallest absolute Gasteiger partial charge is 0.329 e. The van der Waals surface area contributed by atoms with E-state index in [4.69, 9.17) is 0 Å². The lowest BCUT2D eigenvalue weighted by Crippen LogP contribution is -2.41. The number of amides is 2. The highest BCUT2D eigenvalue weighted by molar-refractivity contribution is 7.13. The number of carbonyl (C=O) groups excluding carboxylic acids is 2. The van der Waals surface area contributed by atoms with E-state index in [1.807, 2.05) is 58.7 Å². The molecule has 2 N–H and O–H groups in total. The predicted octanol–water partition coefficient (Wildman–Crippen LogP) is 2.63. The van der Waals surface area contributed by atoms with E-state index in [1.54, 1.807) is 25.2 Å². The van der Waals surface area contributed by atoms with Gasteiger partial charge >= 0.3 is 11.8 Å². The Bertz CT molecular complexity index is 962. The first-order chi connectivity index (χ1) is 13.5. The van der Waals surface area contributed by atoms with Gasteiger partial charge in [-0.3, -0.25) is 14.3 Å². The molecule has 3 aromatic rings. The summed E-state index contributed by atoms with van der Waals surface area (Å²) in [6.45, 7) is 4.18. The van der Waals surface area contributed by atoms with Gasteiger partial charge in [-0.25, -0.2) is 5.43 Å². The fraction of sp³-hybridized carbons (Fsp3) is 0.200. The Morgan fingerprint density at radius 2 is 1.96 bits per heavy atom. The van der Waals surface area contributed by atoms with E-state index < -0.39 is 11.8 Å². The zero-order chi connectivity index (χ0) is 19.9. The average molecular weight is 395 g/mol. The van der Waals surface area contributed by atoms with Gasteiger partial charge in [0.05, 0.1) is 17.6 Å². The highest BCUT2D eigenvalue weighted by Crippen LogP contribution is 2.26. The second kappa shape index (κ2) is 9.09. The van der Waals surface area contributed by atoms with Gasteiger partial charge in [0.2, 0.25) is 0 Å². The lowest BCUT2D eigenvalue weighted by molar-refractivity contribution is -0.139. The summed E-state index contributed by atoms with van der Waals surface area (Å²) in [5, 5.41) is 13.1. The maximum atomic E-state index is 11.8. The van der Waals surface area contributed by atoms with Crippen LogP contribution in [0.1, 0.15) is 25.0 Å². The Morgan fingerprint density at radius 1 is 1.18 bits per heavy atom. The van der Waals surface area contributed by atoms with E-state index in [2.05, 4.69) is 20.9 Å². The Balaban J connectivity index is 1.77. The molecule has 2 aromatic heterocycles. The first-order valence-corrected chi connectivity index (χ1v) is 9.70. The molecule has 0 spiro atoms. The summed E-state index contributed by atoms with van der Waals surface area (Å²) in [6, 6.07) is 13.8. The lowest BCUT2D eigenvalue weighted by Gasteiger charge is -2.05. The van der Waals surface area contributed by atoms with Crippen LogP contribution in [0.2, 0.25) is 0 Å². The molecule has 0 saturated carbocycles. The maximum Gasteiger partial charge on any atom is 0.329 e. The molecular formula is C20H21N5O2S. The molecule has 2 amide bonds. The summed E-state index contributed by atoms with van der Waals surface area (Å²) < 4.78 is 1.83. The average Bonchev–Trinajstić information content (AvgIpc) is 3.31. The van der Waals surface area contributed by atoms with Crippen LogP contribution in [0.25, 0.3) is 10.6 Å². The van der Waals surface area contributed by atoms with E-state index in [0.717, 1.165) is 21.7 Å². The zero-order valence-electron chi connectivity index (χ0n) is 15.6. The third kappa shape index (κ3) is 5.14. The van der Waals surface area contributed by atoms with E-state index in [1.165, 1.54) is 6.21 Å². The molecule has 0 atom stereocenters. The van der Waals surface area contributed by atoms with E-state index in [-0.39, 0.29) is 6.04 Å². The van der Waals surface area contributed by atoms with Crippen molar-refractivity contribution in [3.05, 3.63) is 65.2 Å². The molecule has 28 heavy (non-hydrogen) atoms. The molecule has 0 aliphatic heterocycles. The summed E-state index contributed by atoms with van der Waals surface area (Å²) in [7, 11) is 0. The fourth-order valence-electron chi connectivity index (χ4n) is 2.53. The minimum atomic E-state index is -0.806. The maximum absolute atomic E-state index is 11.8. The number of rotatable bonds is 6. The highest BCUT2D eigenvalue weighted by atomic mass is 32.1. The third-order valence-corrected chi connectivity index (χ3v) is 4.60. The molecule has 0 fully saturated rings. The monoisotopic (exact) mass is 395 g/mol. The van der Waals surface area contributed by atoms with Crippen LogP contribution in [0.15, 0.2) is 59.1 Å². The Morgan fingerprint density at radius 3 is 2.64 bits per heavy atom. The van der Waals surface area contributed by atoms with Crippen LogP contribution in [0.4, 0.5) is 0 Å². The Hall–Kier alpha value is -3.26. The largest absolute Gasteiger partial charge is 0.346 e. The molecule has 0 saturated heterocycles. The van der Waals surface area contributed by atoms with Crippen LogP contribution >= 0.6 is 11.3 Å². The number of benzene rings is 1. The van der Waals surface area contributed by atoms with Crippen molar-refractivity contribution in [2.45, 2.75) is 26.4 Å². The number of carbonyl (C=O) groups is 2. The molecule has 7 nitrogen and oxygen atoms in total. The van der Waals surface area contributed by atoms with Crippen molar-refractivity contribution >= 4 is 29.4 Å². The van der Waals surface area contributed by atoms with Gasteiger partial charge in [-0.2, -0.15) is 10.2 Å². The summed E-state index contributed by atoms with van der Waals surface area (Å²) in [5.74, 6) is -1.52. The molecule has 0 aliphatic rings. The van der Waals surface area contributed by atoms with Crippen molar-refractivity contribution in [1.29, 1.82) is 0 Å². The van der Waals surface area contributed by atoms with E-state index in [0.29, 0.717) is 6.54 Å². The van der Waals surface area contributed by atoms with Gasteiger partial charge in [-0.15, -0.1) is 11.3 Å². The van der Waals surface area contributed by atoms with E-state index in [9.17, 15) is 9.59 Å². The molecule has 8 heteroatoms. The minimum absolute atomic E-state index is 0.121. The number of nitrogens with one attached hydrogen (secondary N) is 2. The molecule has 2 heterocycles. The van der Waals surface area contributed by atoms with Crippen molar-refractivity contribution in [2.75, 3.05) is 0 Å². The number of hydrogen-bond acceptors (Lipinski definition) is 5. The molecule has 3 rings (SSSR count). The van der Waals surface area contributed by atoms with Gasteiger partial charge in [-0.05, 0) is 30.9 Å². The first kappa shape index (κ1) is 19.5. The van der Waals surface area contributed by atoms with Crippen molar-refractivity contribution in [2.24, 2.45) is 5.10 Å². The molecule has 0 bridgehead atoms. The predicted molar refractivity (Wildman–Crippen MR) is 110 cm³/mol. The second-order valence-corrected chi connectivity index (χ2v) is 7.37. The van der Waals surface area contributed by atoms with Gasteiger partial charge in [0, 0.05) is 17.8 Å². The van der Waals surface area contributed by atoms with Gasteiger partial charge < -0.3 is 5.32 Å². The van der Waals surface area contributed by atoms with Crippen LogP contribution in [0.5, 0.6) is 0 Å². The molecule has 0 unspecified atom stereocenters. The van der Waals surface area contributed by atoms with Crippen LogP contribution in [-0.2, 0) is 16.1 Å². The van der Waals surface area contributed by atoms with Gasteiger partial charge in [0.25, 0.3) is 0 Å². The van der Waals surface area contributed by atoms with Crippen molar-refractivity contribution < 1.29 is 9.59 Å². The number of hydrazone groups is 1. The third-order valence-electron chi connectivity index (χ3n) is 3.73. The van der Waals surface area contributed by atoms with Crippen molar-refractivity contribution in [1.82, 2.24) is 20.5 Å². The van der Waals surface area contributed by atoms with Crippen LogP contribution in [-0.4, -0.2) is 33.9 Å². The first-order valence-electron chi connectivity index (χ1n) is 8.82. The van der Waals surface area contributed by atoms with Crippen LogP contribution in [0, 0.1) is 0 Å². The van der Waals surface area contributed by atoms with Gasteiger partial charge in [-0.1, -0.05) is 36.4 Å². The van der Waals surface area contributed by atoms with Crippen LogP contribution in [0.3, 0.4) is 0 Å². The number of nitrogens with zero attached hydrogens (tertiary/aromatic N) is 3. The summed E-state index contributed by atoms with van der Waals surface area (Å²) in [6.07, 6.45) is 3.37. The topological polar surface area (TPSA) is 88.4 Å². The second-order valence-electron chi connectivity index (χ2n) is 6.42. The molecule has 1 aromatic carbocycles. The van der Waals surface area contributed by atoms with Crippen molar-refractivity contribution in [3.8, 4) is 10.6 Å². The highest BCUT2D eigenvalue weighted by Gasteiger charge is 2.14. The molecule has 0 radical (unpaired) electrons. The Labute approximate surface area is 167 Å².